The second-order valence-electron chi connectivity index (χ2n) is 3.75. The van der Waals surface area contributed by atoms with Gasteiger partial charge in [0, 0.05) is 10.0 Å². The fourth-order valence-electron chi connectivity index (χ4n) is 1.31. The van der Waals surface area contributed by atoms with Gasteiger partial charge < -0.3 is 5.11 Å². The summed E-state index contributed by atoms with van der Waals surface area (Å²) in [5.41, 5.74) is 0.814. The van der Waals surface area contributed by atoms with Gasteiger partial charge in [0.25, 0.3) is 5.92 Å². The van der Waals surface area contributed by atoms with Gasteiger partial charge in [-0.25, -0.2) is 0 Å². The van der Waals surface area contributed by atoms with E-state index in [2.05, 4.69) is 15.9 Å². The maximum absolute atomic E-state index is 13.1. The van der Waals surface area contributed by atoms with Crippen LogP contribution in [0.25, 0.3) is 0 Å². The summed E-state index contributed by atoms with van der Waals surface area (Å²) in [6.07, 6.45) is 0. The molecule has 0 fully saturated rings. The largest absolute Gasteiger partial charge is 0.390 e. The van der Waals surface area contributed by atoms with Crippen molar-refractivity contribution in [3.63, 3.8) is 0 Å². The van der Waals surface area contributed by atoms with E-state index in [9.17, 15) is 8.78 Å². The van der Waals surface area contributed by atoms with Crippen molar-refractivity contribution in [2.45, 2.75) is 25.7 Å². The minimum absolute atomic E-state index is 0.165. The lowest BCUT2D eigenvalue weighted by Crippen LogP contribution is -2.18. The minimum atomic E-state index is -3.17. The highest BCUT2D eigenvalue weighted by Crippen LogP contribution is 2.32. The van der Waals surface area contributed by atoms with Crippen LogP contribution in [0.4, 0.5) is 8.78 Å². The third-order valence-corrected chi connectivity index (χ3v) is 2.93. The van der Waals surface area contributed by atoms with E-state index < -0.39 is 12.5 Å². The molecule has 0 saturated carbocycles. The average Bonchev–Trinajstić information content (AvgIpc) is 2.17. The van der Waals surface area contributed by atoms with Crippen molar-refractivity contribution in [1.29, 1.82) is 0 Å². The second kappa shape index (κ2) is 4.58. The van der Waals surface area contributed by atoms with Gasteiger partial charge in [0.2, 0.25) is 0 Å². The topological polar surface area (TPSA) is 20.2 Å². The molecule has 15 heavy (non-hydrogen) atoms. The molecule has 0 unspecified atom stereocenters. The number of aliphatic hydroxyl groups is 1. The van der Waals surface area contributed by atoms with Gasteiger partial charge in [-0.05, 0) is 17.5 Å². The molecule has 1 N–H and O–H groups in total. The molecule has 0 heterocycles. The zero-order valence-corrected chi connectivity index (χ0v) is 10.2. The Morgan fingerprint density at radius 3 is 2.40 bits per heavy atom. The van der Waals surface area contributed by atoms with Crippen molar-refractivity contribution in [3.8, 4) is 0 Å². The number of hydrogen-bond donors (Lipinski definition) is 1. The van der Waals surface area contributed by atoms with Crippen molar-refractivity contribution in [2.75, 3.05) is 6.61 Å². The summed E-state index contributed by atoms with van der Waals surface area (Å²) in [6.45, 7) is 2.81. The van der Waals surface area contributed by atoms with E-state index >= 15 is 0 Å². The molecule has 1 nitrogen and oxygen atoms in total. The van der Waals surface area contributed by atoms with Gasteiger partial charge in [0.1, 0.15) is 6.61 Å². The van der Waals surface area contributed by atoms with Crippen LogP contribution in [0.1, 0.15) is 30.9 Å². The molecule has 0 atom stereocenters. The molecule has 4 heteroatoms. The summed E-state index contributed by atoms with van der Waals surface area (Å²) in [6, 6.07) is 4.38. The number of alkyl halides is 2. The Hall–Kier alpha value is -0.480. The van der Waals surface area contributed by atoms with E-state index in [-0.39, 0.29) is 11.5 Å². The zero-order valence-electron chi connectivity index (χ0n) is 8.60. The van der Waals surface area contributed by atoms with Crippen LogP contribution < -0.4 is 0 Å². The molecule has 0 aromatic heterocycles. The van der Waals surface area contributed by atoms with Crippen molar-refractivity contribution in [3.05, 3.63) is 33.8 Å². The SMILES string of the molecule is CC(C)c1ccc(C(F)(F)CO)cc1Br. The Bertz CT molecular complexity index is 350. The standard InChI is InChI=1S/C11H13BrF2O/c1-7(2)9-4-3-8(5-10(9)12)11(13,14)6-15/h3-5,7,15H,6H2,1-2H3. The lowest BCUT2D eigenvalue weighted by Gasteiger charge is -2.16. The van der Waals surface area contributed by atoms with E-state index in [1.807, 2.05) is 13.8 Å². The maximum Gasteiger partial charge on any atom is 0.295 e. The van der Waals surface area contributed by atoms with E-state index in [0.717, 1.165) is 5.56 Å². The highest BCUT2D eigenvalue weighted by Gasteiger charge is 2.30. The number of halogens is 3. The smallest absolute Gasteiger partial charge is 0.295 e. The van der Waals surface area contributed by atoms with Crippen LogP contribution in [0, 0.1) is 0 Å². The van der Waals surface area contributed by atoms with E-state index in [1.165, 1.54) is 12.1 Å². The van der Waals surface area contributed by atoms with E-state index in [0.29, 0.717) is 4.47 Å². The molecule has 0 aliphatic carbocycles. The molecular weight excluding hydrogens is 266 g/mol. The van der Waals surface area contributed by atoms with Gasteiger partial charge >= 0.3 is 0 Å². The summed E-state index contributed by atoms with van der Waals surface area (Å²) in [5.74, 6) is -2.89. The van der Waals surface area contributed by atoms with Crippen LogP contribution in [0.2, 0.25) is 0 Å². The maximum atomic E-state index is 13.1. The average molecular weight is 279 g/mol. The highest BCUT2D eigenvalue weighted by molar-refractivity contribution is 9.10. The second-order valence-corrected chi connectivity index (χ2v) is 4.61. The summed E-state index contributed by atoms with van der Waals surface area (Å²) >= 11 is 3.25. The van der Waals surface area contributed by atoms with Crippen LogP contribution in [0.5, 0.6) is 0 Å². The first-order valence-corrected chi connectivity index (χ1v) is 5.46. The molecular formula is C11H13BrF2O. The fourth-order valence-corrected chi connectivity index (χ4v) is 2.15. The number of hydrogen-bond acceptors (Lipinski definition) is 1. The van der Waals surface area contributed by atoms with Crippen LogP contribution in [-0.2, 0) is 5.92 Å². The quantitative estimate of drug-likeness (QED) is 0.895. The molecule has 0 bridgehead atoms. The van der Waals surface area contributed by atoms with Gasteiger partial charge in [-0.1, -0.05) is 41.9 Å². The van der Waals surface area contributed by atoms with Crippen LogP contribution in [0.3, 0.4) is 0 Å². The molecule has 1 aromatic rings. The van der Waals surface area contributed by atoms with Gasteiger partial charge in [-0.15, -0.1) is 0 Å². The zero-order chi connectivity index (χ0) is 11.6. The molecule has 1 aromatic carbocycles. The molecule has 0 aliphatic heterocycles. The lowest BCUT2D eigenvalue weighted by molar-refractivity contribution is -0.0556. The Balaban J connectivity index is 3.12. The predicted molar refractivity (Wildman–Crippen MR) is 59.2 cm³/mol. The summed E-state index contributed by atoms with van der Waals surface area (Å²) < 4.78 is 26.9. The third kappa shape index (κ3) is 2.75. The first-order valence-electron chi connectivity index (χ1n) is 4.67. The number of benzene rings is 1. The molecule has 1 rings (SSSR count). The molecule has 84 valence electrons. The Morgan fingerprint density at radius 1 is 1.40 bits per heavy atom. The Morgan fingerprint density at radius 2 is 2.00 bits per heavy atom. The molecule has 0 amide bonds. The Labute approximate surface area is 96.2 Å². The van der Waals surface area contributed by atoms with E-state index in [1.54, 1.807) is 6.07 Å². The summed E-state index contributed by atoms with van der Waals surface area (Å²) in [7, 11) is 0. The van der Waals surface area contributed by atoms with Crippen LogP contribution >= 0.6 is 15.9 Å². The van der Waals surface area contributed by atoms with Crippen molar-refractivity contribution >= 4 is 15.9 Å². The van der Waals surface area contributed by atoms with Crippen LogP contribution in [0.15, 0.2) is 22.7 Å². The first kappa shape index (κ1) is 12.6. The highest BCUT2D eigenvalue weighted by atomic mass is 79.9. The van der Waals surface area contributed by atoms with Gasteiger partial charge in [0.15, 0.2) is 0 Å². The summed E-state index contributed by atoms with van der Waals surface area (Å²) in [4.78, 5) is 0. The molecule has 0 aliphatic rings. The monoisotopic (exact) mass is 278 g/mol. The Kier molecular flexibility index (Phi) is 3.84. The van der Waals surface area contributed by atoms with Gasteiger partial charge in [-0.3, -0.25) is 0 Å². The van der Waals surface area contributed by atoms with Crippen molar-refractivity contribution in [2.24, 2.45) is 0 Å². The van der Waals surface area contributed by atoms with Crippen LogP contribution in [-0.4, -0.2) is 11.7 Å². The molecule has 0 radical (unpaired) electrons. The van der Waals surface area contributed by atoms with Gasteiger partial charge in [0.05, 0.1) is 0 Å². The third-order valence-electron chi connectivity index (χ3n) is 2.24. The fraction of sp³-hybridized carbons (Fsp3) is 0.455. The van der Waals surface area contributed by atoms with Crippen molar-refractivity contribution < 1.29 is 13.9 Å². The minimum Gasteiger partial charge on any atom is -0.390 e. The molecule has 0 saturated heterocycles. The number of aliphatic hydroxyl groups excluding tert-OH is 1. The van der Waals surface area contributed by atoms with Gasteiger partial charge in [-0.2, -0.15) is 8.78 Å². The number of rotatable bonds is 3. The summed E-state index contributed by atoms with van der Waals surface area (Å²) in [5, 5.41) is 8.55. The normalized spacial score (nSPS) is 12.2. The van der Waals surface area contributed by atoms with E-state index in [4.69, 9.17) is 5.11 Å². The molecule has 0 spiro atoms. The van der Waals surface area contributed by atoms with Crippen molar-refractivity contribution in [1.82, 2.24) is 0 Å². The predicted octanol–water partition coefficient (Wildman–Crippen LogP) is 3.66. The lowest BCUT2D eigenvalue weighted by atomic mass is 10.00. The first-order chi connectivity index (χ1) is 6.88.